The van der Waals surface area contributed by atoms with Gasteiger partial charge >= 0.3 is 0 Å². The third kappa shape index (κ3) is 5.43. The average molecular weight is 293 g/mol. The van der Waals surface area contributed by atoms with E-state index in [-0.39, 0.29) is 23.8 Å². The fraction of sp³-hybridized carbons (Fsp3) is 0.467. The molecule has 2 amide bonds. The maximum atomic E-state index is 11.9. The molecule has 1 aromatic carbocycles. The summed E-state index contributed by atoms with van der Waals surface area (Å²) in [6, 6.07) is 6.68. The Hall–Kier alpha value is -2.08. The van der Waals surface area contributed by atoms with Crippen molar-refractivity contribution in [2.24, 2.45) is 11.7 Å². The summed E-state index contributed by atoms with van der Waals surface area (Å²) in [7, 11) is 1.55. The van der Waals surface area contributed by atoms with Crippen LogP contribution in [0, 0.1) is 5.92 Å². The SMILES string of the molecule is COc1cccc(C(=O)NCCNC(=O)C(C)C(C)N)c1. The Kier molecular flexibility index (Phi) is 6.68. The second-order valence-electron chi connectivity index (χ2n) is 4.93. The topological polar surface area (TPSA) is 93.5 Å². The Balaban J connectivity index is 2.35. The molecule has 21 heavy (non-hydrogen) atoms. The summed E-state index contributed by atoms with van der Waals surface area (Å²) in [6.07, 6.45) is 0. The molecule has 1 rings (SSSR count). The third-order valence-corrected chi connectivity index (χ3v) is 3.24. The second kappa shape index (κ2) is 8.26. The molecule has 0 fully saturated rings. The van der Waals surface area contributed by atoms with Crippen LogP contribution in [0.4, 0.5) is 0 Å². The van der Waals surface area contributed by atoms with Crippen LogP contribution in [0.5, 0.6) is 5.75 Å². The lowest BCUT2D eigenvalue weighted by molar-refractivity contribution is -0.124. The van der Waals surface area contributed by atoms with Gasteiger partial charge in [0.25, 0.3) is 5.91 Å². The van der Waals surface area contributed by atoms with E-state index in [1.54, 1.807) is 45.2 Å². The van der Waals surface area contributed by atoms with Gasteiger partial charge in [-0.25, -0.2) is 0 Å². The van der Waals surface area contributed by atoms with E-state index in [9.17, 15) is 9.59 Å². The number of nitrogens with two attached hydrogens (primary N) is 1. The first-order valence-corrected chi connectivity index (χ1v) is 6.91. The Labute approximate surface area is 125 Å². The van der Waals surface area contributed by atoms with Crippen molar-refractivity contribution in [1.29, 1.82) is 0 Å². The van der Waals surface area contributed by atoms with Gasteiger partial charge in [-0.05, 0) is 25.1 Å². The number of benzene rings is 1. The van der Waals surface area contributed by atoms with Crippen LogP contribution in [0.2, 0.25) is 0 Å². The zero-order valence-electron chi connectivity index (χ0n) is 12.7. The van der Waals surface area contributed by atoms with Gasteiger partial charge in [-0.15, -0.1) is 0 Å². The lowest BCUT2D eigenvalue weighted by Crippen LogP contribution is -2.41. The van der Waals surface area contributed by atoms with Gasteiger partial charge in [-0.1, -0.05) is 13.0 Å². The Morgan fingerprint density at radius 3 is 2.52 bits per heavy atom. The average Bonchev–Trinajstić information content (AvgIpc) is 2.50. The normalized spacial score (nSPS) is 13.1. The van der Waals surface area contributed by atoms with E-state index >= 15 is 0 Å². The maximum Gasteiger partial charge on any atom is 0.251 e. The predicted octanol–water partition coefficient (Wildman–Crippen LogP) is 0.525. The Bertz CT molecular complexity index is 489. The maximum absolute atomic E-state index is 11.9. The molecule has 6 heteroatoms. The molecule has 2 atom stereocenters. The minimum Gasteiger partial charge on any atom is -0.497 e. The lowest BCUT2D eigenvalue weighted by Gasteiger charge is -2.15. The number of amides is 2. The quantitative estimate of drug-likeness (QED) is 0.639. The van der Waals surface area contributed by atoms with E-state index in [4.69, 9.17) is 10.5 Å². The fourth-order valence-electron chi connectivity index (χ4n) is 1.63. The molecule has 116 valence electrons. The first-order chi connectivity index (χ1) is 9.95. The number of carbonyl (C=O) groups is 2. The number of nitrogens with one attached hydrogen (secondary N) is 2. The van der Waals surface area contributed by atoms with E-state index in [1.165, 1.54) is 0 Å². The van der Waals surface area contributed by atoms with E-state index in [0.717, 1.165) is 0 Å². The van der Waals surface area contributed by atoms with Crippen molar-refractivity contribution >= 4 is 11.8 Å². The van der Waals surface area contributed by atoms with Gasteiger partial charge in [0.1, 0.15) is 5.75 Å². The summed E-state index contributed by atoms with van der Waals surface area (Å²) in [4.78, 5) is 23.6. The highest BCUT2D eigenvalue weighted by Gasteiger charge is 2.16. The number of rotatable bonds is 7. The van der Waals surface area contributed by atoms with Gasteiger partial charge in [0.05, 0.1) is 7.11 Å². The van der Waals surface area contributed by atoms with Crippen LogP contribution in [0.15, 0.2) is 24.3 Å². The highest BCUT2D eigenvalue weighted by Crippen LogP contribution is 2.12. The monoisotopic (exact) mass is 293 g/mol. The fourth-order valence-corrected chi connectivity index (χ4v) is 1.63. The van der Waals surface area contributed by atoms with Crippen LogP contribution in [0.3, 0.4) is 0 Å². The minimum absolute atomic E-state index is 0.111. The molecule has 4 N–H and O–H groups in total. The van der Waals surface area contributed by atoms with E-state index in [0.29, 0.717) is 24.4 Å². The molecule has 2 unspecified atom stereocenters. The molecule has 0 aliphatic heterocycles. The van der Waals surface area contributed by atoms with Gasteiger partial charge in [0.2, 0.25) is 5.91 Å². The predicted molar refractivity (Wildman–Crippen MR) is 81.2 cm³/mol. The molecule has 1 aromatic rings. The smallest absolute Gasteiger partial charge is 0.251 e. The minimum atomic E-state index is -0.251. The van der Waals surface area contributed by atoms with Gasteiger partial charge in [-0.3, -0.25) is 9.59 Å². The van der Waals surface area contributed by atoms with Gasteiger partial charge in [0.15, 0.2) is 0 Å². The summed E-state index contributed by atoms with van der Waals surface area (Å²) in [5.74, 6) is 0.0600. The van der Waals surface area contributed by atoms with Crippen molar-refractivity contribution in [1.82, 2.24) is 10.6 Å². The lowest BCUT2D eigenvalue weighted by atomic mass is 10.0. The second-order valence-corrected chi connectivity index (χ2v) is 4.93. The summed E-state index contributed by atoms with van der Waals surface area (Å²) in [5, 5.41) is 5.47. The standard InChI is InChI=1S/C15H23N3O3/c1-10(11(2)16)14(19)17-7-8-18-15(20)12-5-4-6-13(9-12)21-3/h4-6,9-11H,7-8,16H2,1-3H3,(H,17,19)(H,18,20). The molecule has 0 radical (unpaired) electrons. The van der Waals surface area contributed by atoms with Gasteiger partial charge < -0.3 is 21.1 Å². The molecular weight excluding hydrogens is 270 g/mol. The summed E-state index contributed by atoms with van der Waals surface area (Å²) < 4.78 is 5.06. The Morgan fingerprint density at radius 2 is 1.90 bits per heavy atom. The van der Waals surface area contributed by atoms with Crippen LogP contribution in [-0.2, 0) is 4.79 Å². The number of ether oxygens (including phenoxy) is 1. The zero-order valence-corrected chi connectivity index (χ0v) is 12.7. The first kappa shape index (κ1) is 17.0. The van der Waals surface area contributed by atoms with Crippen molar-refractivity contribution < 1.29 is 14.3 Å². The van der Waals surface area contributed by atoms with Crippen LogP contribution in [-0.4, -0.2) is 38.1 Å². The van der Waals surface area contributed by atoms with Crippen molar-refractivity contribution in [3.63, 3.8) is 0 Å². The van der Waals surface area contributed by atoms with Crippen molar-refractivity contribution in [3.05, 3.63) is 29.8 Å². The number of hydrogen-bond acceptors (Lipinski definition) is 4. The summed E-state index contributed by atoms with van der Waals surface area (Å²) in [5.41, 5.74) is 6.17. The molecule has 0 heterocycles. The first-order valence-electron chi connectivity index (χ1n) is 6.91. The number of carbonyl (C=O) groups excluding carboxylic acids is 2. The van der Waals surface area contributed by atoms with Crippen LogP contribution in [0.25, 0.3) is 0 Å². The van der Waals surface area contributed by atoms with E-state index < -0.39 is 0 Å². The zero-order chi connectivity index (χ0) is 15.8. The Morgan fingerprint density at radius 1 is 1.24 bits per heavy atom. The molecule has 0 saturated carbocycles. The van der Waals surface area contributed by atoms with Gasteiger partial charge in [0, 0.05) is 30.6 Å². The van der Waals surface area contributed by atoms with Crippen molar-refractivity contribution in [2.45, 2.75) is 19.9 Å². The van der Waals surface area contributed by atoms with E-state index in [1.807, 2.05) is 0 Å². The molecule has 0 saturated heterocycles. The molecule has 0 aliphatic carbocycles. The molecule has 0 aromatic heterocycles. The third-order valence-electron chi connectivity index (χ3n) is 3.24. The molecule has 0 aliphatic rings. The summed E-state index contributed by atoms with van der Waals surface area (Å²) >= 11 is 0. The van der Waals surface area contributed by atoms with Crippen LogP contribution >= 0.6 is 0 Å². The molecule has 6 nitrogen and oxygen atoms in total. The van der Waals surface area contributed by atoms with Crippen LogP contribution in [0.1, 0.15) is 24.2 Å². The van der Waals surface area contributed by atoms with Gasteiger partial charge in [-0.2, -0.15) is 0 Å². The van der Waals surface area contributed by atoms with E-state index in [2.05, 4.69) is 10.6 Å². The highest BCUT2D eigenvalue weighted by molar-refractivity contribution is 5.94. The van der Waals surface area contributed by atoms with Crippen molar-refractivity contribution in [2.75, 3.05) is 20.2 Å². The molecule has 0 spiro atoms. The number of hydrogen-bond donors (Lipinski definition) is 3. The highest BCUT2D eigenvalue weighted by atomic mass is 16.5. The molecule has 0 bridgehead atoms. The summed E-state index contributed by atoms with van der Waals surface area (Å²) in [6.45, 7) is 4.28. The largest absolute Gasteiger partial charge is 0.497 e. The molecular formula is C15H23N3O3. The van der Waals surface area contributed by atoms with Crippen molar-refractivity contribution in [3.8, 4) is 5.75 Å². The van der Waals surface area contributed by atoms with Crippen LogP contribution < -0.4 is 21.1 Å². The number of methoxy groups -OCH3 is 1.